The van der Waals surface area contributed by atoms with Gasteiger partial charge in [-0.1, -0.05) is 6.92 Å². The molecule has 1 heterocycles. The van der Waals surface area contributed by atoms with E-state index in [1.165, 1.54) is 0 Å². The van der Waals surface area contributed by atoms with Crippen LogP contribution in [0, 0.1) is 5.92 Å². The number of ether oxygens (including phenoxy) is 1. The van der Waals surface area contributed by atoms with Crippen molar-refractivity contribution in [2.24, 2.45) is 11.7 Å². The van der Waals surface area contributed by atoms with E-state index in [9.17, 15) is 4.79 Å². The smallest absolute Gasteiger partial charge is 0.226 e. The van der Waals surface area contributed by atoms with Crippen LogP contribution in [0.2, 0.25) is 0 Å². The van der Waals surface area contributed by atoms with Gasteiger partial charge in [0.05, 0.1) is 11.7 Å². The Kier molecular flexibility index (Phi) is 5.73. The van der Waals surface area contributed by atoms with Gasteiger partial charge in [0.25, 0.3) is 0 Å². The van der Waals surface area contributed by atoms with Gasteiger partial charge in [-0.15, -0.1) is 12.4 Å². The lowest BCUT2D eigenvalue weighted by atomic mass is 10.0. The largest absolute Gasteiger partial charge is 0.369 e. The van der Waals surface area contributed by atoms with Gasteiger partial charge in [-0.2, -0.15) is 0 Å². The molecule has 1 rings (SSSR count). The number of halogens is 1. The summed E-state index contributed by atoms with van der Waals surface area (Å²) in [6, 6.07) is 0. The summed E-state index contributed by atoms with van der Waals surface area (Å²) in [6.45, 7) is 9.62. The highest BCUT2D eigenvalue weighted by Crippen LogP contribution is 2.21. The third-order valence-corrected chi connectivity index (χ3v) is 2.66. The average Bonchev–Trinajstić information content (AvgIpc) is 2.12. The number of nitrogens with zero attached hydrogens (tertiary/aromatic N) is 1. The minimum absolute atomic E-state index is 0. The zero-order valence-electron chi connectivity index (χ0n) is 10.5. The van der Waals surface area contributed by atoms with E-state index in [0.717, 1.165) is 0 Å². The molecule has 0 aromatic rings. The van der Waals surface area contributed by atoms with Crippen molar-refractivity contribution >= 4 is 18.3 Å². The highest BCUT2D eigenvalue weighted by Gasteiger charge is 2.34. The molecular weight excluding hydrogens is 228 g/mol. The molecule has 0 saturated carbocycles. The quantitative estimate of drug-likeness (QED) is 0.797. The van der Waals surface area contributed by atoms with Crippen LogP contribution in [0.25, 0.3) is 0 Å². The molecule has 2 unspecified atom stereocenters. The number of carbonyl (C=O) groups excluding carboxylic acids is 1. The van der Waals surface area contributed by atoms with E-state index in [-0.39, 0.29) is 35.9 Å². The van der Waals surface area contributed by atoms with Gasteiger partial charge in [0.15, 0.2) is 0 Å². The Morgan fingerprint density at radius 1 is 1.62 bits per heavy atom. The fourth-order valence-electron chi connectivity index (χ4n) is 2.03. The Balaban J connectivity index is 0.00000225. The van der Waals surface area contributed by atoms with E-state index in [1.54, 1.807) is 0 Å². The Labute approximate surface area is 104 Å². The first-order valence-corrected chi connectivity index (χ1v) is 5.52. The molecule has 0 radical (unpaired) electrons. The fraction of sp³-hybridized carbons (Fsp3) is 0.909. The topological polar surface area (TPSA) is 55.6 Å². The van der Waals surface area contributed by atoms with Gasteiger partial charge in [0.2, 0.25) is 5.91 Å². The molecule has 0 aromatic heterocycles. The molecule has 1 aliphatic heterocycles. The maximum Gasteiger partial charge on any atom is 0.226 e. The van der Waals surface area contributed by atoms with Crippen molar-refractivity contribution in [2.75, 3.05) is 19.6 Å². The second-order valence-electron chi connectivity index (χ2n) is 5.04. The summed E-state index contributed by atoms with van der Waals surface area (Å²) in [5, 5.41) is 0. The Bertz CT molecular complexity index is 246. The number of nitrogens with two attached hydrogens (primary N) is 1. The minimum atomic E-state index is -0.248. The molecule has 2 N–H and O–H groups in total. The molecule has 0 aromatic carbocycles. The highest BCUT2D eigenvalue weighted by molar-refractivity contribution is 5.85. The Hall–Kier alpha value is -0.320. The van der Waals surface area contributed by atoms with Gasteiger partial charge in [-0.3, -0.25) is 4.79 Å². The van der Waals surface area contributed by atoms with E-state index < -0.39 is 0 Å². The molecule has 1 aliphatic rings. The van der Waals surface area contributed by atoms with E-state index in [1.807, 2.05) is 32.6 Å². The molecule has 0 bridgehead atoms. The van der Waals surface area contributed by atoms with Crippen LogP contribution in [0.15, 0.2) is 0 Å². The number of rotatable bonds is 2. The van der Waals surface area contributed by atoms with Crippen LogP contribution < -0.4 is 5.73 Å². The highest BCUT2D eigenvalue weighted by atomic mass is 35.5. The van der Waals surface area contributed by atoms with Gasteiger partial charge in [-0.25, -0.2) is 0 Å². The minimum Gasteiger partial charge on any atom is -0.369 e. The molecule has 1 saturated heterocycles. The lowest BCUT2D eigenvalue weighted by molar-refractivity contribution is -0.160. The fourth-order valence-corrected chi connectivity index (χ4v) is 2.03. The summed E-state index contributed by atoms with van der Waals surface area (Å²) >= 11 is 0. The first kappa shape index (κ1) is 15.7. The second kappa shape index (κ2) is 5.84. The van der Waals surface area contributed by atoms with E-state index in [4.69, 9.17) is 10.5 Å². The van der Waals surface area contributed by atoms with E-state index in [0.29, 0.717) is 19.6 Å². The summed E-state index contributed by atoms with van der Waals surface area (Å²) in [5.74, 6) is 0.0480. The standard InChI is InChI=1S/C11H22N2O2.ClH/c1-8(5-12)10(14)13-6-9(2)15-11(3,4)7-13;/h8-9H,5-7,12H2,1-4H3;1H. The molecule has 16 heavy (non-hydrogen) atoms. The molecule has 4 nitrogen and oxygen atoms in total. The third-order valence-electron chi connectivity index (χ3n) is 2.66. The summed E-state index contributed by atoms with van der Waals surface area (Å²) in [5.41, 5.74) is 5.25. The number of amides is 1. The van der Waals surface area contributed by atoms with Gasteiger partial charge in [-0.05, 0) is 20.8 Å². The van der Waals surface area contributed by atoms with Crippen molar-refractivity contribution in [3.05, 3.63) is 0 Å². The van der Waals surface area contributed by atoms with Gasteiger partial charge in [0.1, 0.15) is 0 Å². The van der Waals surface area contributed by atoms with Gasteiger partial charge < -0.3 is 15.4 Å². The van der Waals surface area contributed by atoms with Crippen molar-refractivity contribution < 1.29 is 9.53 Å². The van der Waals surface area contributed by atoms with Crippen molar-refractivity contribution in [2.45, 2.75) is 39.4 Å². The van der Waals surface area contributed by atoms with Gasteiger partial charge in [0, 0.05) is 25.6 Å². The summed E-state index contributed by atoms with van der Waals surface area (Å²) in [7, 11) is 0. The number of hydrogen-bond acceptors (Lipinski definition) is 3. The molecule has 96 valence electrons. The third kappa shape index (κ3) is 3.92. The van der Waals surface area contributed by atoms with Crippen LogP contribution >= 0.6 is 12.4 Å². The molecule has 2 atom stereocenters. The number of hydrogen-bond donors (Lipinski definition) is 1. The molecule has 0 aliphatic carbocycles. The summed E-state index contributed by atoms with van der Waals surface area (Å²) in [6.07, 6.45) is 0.0997. The maximum absolute atomic E-state index is 12.0. The molecular formula is C11H23ClN2O2. The Morgan fingerprint density at radius 3 is 2.62 bits per heavy atom. The van der Waals surface area contributed by atoms with Crippen LogP contribution in [-0.4, -0.2) is 42.1 Å². The van der Waals surface area contributed by atoms with Gasteiger partial charge >= 0.3 is 0 Å². The van der Waals surface area contributed by atoms with Crippen LogP contribution in [0.1, 0.15) is 27.7 Å². The van der Waals surface area contributed by atoms with Crippen molar-refractivity contribution in [1.29, 1.82) is 0 Å². The summed E-state index contributed by atoms with van der Waals surface area (Å²) < 4.78 is 5.74. The molecule has 1 amide bonds. The van der Waals surface area contributed by atoms with Crippen molar-refractivity contribution in [1.82, 2.24) is 4.90 Å². The average molecular weight is 251 g/mol. The second-order valence-corrected chi connectivity index (χ2v) is 5.04. The van der Waals surface area contributed by atoms with Crippen molar-refractivity contribution in [3.63, 3.8) is 0 Å². The maximum atomic E-state index is 12.0. The number of carbonyl (C=O) groups is 1. The van der Waals surface area contributed by atoms with Crippen LogP contribution in [-0.2, 0) is 9.53 Å². The zero-order chi connectivity index (χ0) is 11.6. The zero-order valence-corrected chi connectivity index (χ0v) is 11.3. The number of morpholine rings is 1. The van der Waals surface area contributed by atoms with Crippen LogP contribution in [0.4, 0.5) is 0 Å². The lowest BCUT2D eigenvalue weighted by Gasteiger charge is -2.42. The Morgan fingerprint density at radius 2 is 2.19 bits per heavy atom. The predicted octanol–water partition coefficient (Wildman–Crippen LogP) is 1.03. The molecule has 1 fully saturated rings. The first-order valence-electron chi connectivity index (χ1n) is 5.52. The normalized spacial score (nSPS) is 25.8. The predicted molar refractivity (Wildman–Crippen MR) is 66.7 cm³/mol. The van der Waals surface area contributed by atoms with Crippen LogP contribution in [0.3, 0.4) is 0 Å². The lowest BCUT2D eigenvalue weighted by Crippen LogP contribution is -2.55. The SMILES string of the molecule is CC1CN(C(=O)C(C)CN)CC(C)(C)O1.Cl. The van der Waals surface area contributed by atoms with E-state index >= 15 is 0 Å². The monoisotopic (exact) mass is 250 g/mol. The molecule has 5 heteroatoms. The first-order chi connectivity index (χ1) is 6.85. The van der Waals surface area contributed by atoms with E-state index in [2.05, 4.69) is 0 Å². The van der Waals surface area contributed by atoms with Crippen molar-refractivity contribution in [3.8, 4) is 0 Å². The van der Waals surface area contributed by atoms with Crippen LogP contribution in [0.5, 0.6) is 0 Å². The summed E-state index contributed by atoms with van der Waals surface area (Å²) in [4.78, 5) is 13.8. The molecule has 0 spiro atoms.